The van der Waals surface area contributed by atoms with Crippen LogP contribution in [0.3, 0.4) is 0 Å². The van der Waals surface area contributed by atoms with E-state index in [1.165, 1.54) is 29.5 Å². The molecule has 0 aliphatic rings. The molecule has 0 aliphatic heterocycles. The number of aryl methyl sites for hydroxylation is 2. The topological polar surface area (TPSA) is 85.1 Å². The number of nitrogens with one attached hydrogen (secondary N) is 1. The van der Waals surface area contributed by atoms with E-state index in [1.54, 1.807) is 0 Å². The van der Waals surface area contributed by atoms with Gasteiger partial charge in [0.25, 0.3) is 11.6 Å². The van der Waals surface area contributed by atoms with Crippen LogP contribution in [0.2, 0.25) is 5.02 Å². The fourth-order valence-electron chi connectivity index (χ4n) is 1.53. The van der Waals surface area contributed by atoms with Gasteiger partial charge < -0.3 is 0 Å². The smallest absolute Gasteiger partial charge is 0.288 e. The molecule has 0 radical (unpaired) electrons. The maximum Gasteiger partial charge on any atom is 0.288 e. The third-order valence-electron chi connectivity index (χ3n) is 2.67. The molecule has 0 atom stereocenters. The van der Waals surface area contributed by atoms with Gasteiger partial charge in [0.15, 0.2) is 5.13 Å². The zero-order chi connectivity index (χ0) is 14.9. The highest BCUT2D eigenvalue weighted by molar-refractivity contribution is 7.15. The molecular weight excluding hydrogens is 302 g/mol. The molecule has 1 amide bonds. The number of carbonyl (C=O) groups is 1. The lowest BCUT2D eigenvalue weighted by Crippen LogP contribution is -2.12. The van der Waals surface area contributed by atoms with Crippen molar-refractivity contribution < 1.29 is 9.72 Å². The lowest BCUT2D eigenvalue weighted by Gasteiger charge is -2.04. The Bertz CT molecular complexity index is 680. The van der Waals surface area contributed by atoms with Gasteiger partial charge in [-0.1, -0.05) is 17.7 Å². The van der Waals surface area contributed by atoms with Crippen molar-refractivity contribution in [2.45, 2.75) is 13.8 Å². The number of rotatable bonds is 3. The third-order valence-corrected chi connectivity index (χ3v) is 4.05. The van der Waals surface area contributed by atoms with Gasteiger partial charge in [0, 0.05) is 10.9 Å². The van der Waals surface area contributed by atoms with Crippen molar-refractivity contribution in [1.29, 1.82) is 0 Å². The predicted octanol–water partition coefficient (Wildman–Crippen LogP) is 3.57. The highest BCUT2D eigenvalue weighted by atomic mass is 35.5. The zero-order valence-electron chi connectivity index (χ0n) is 10.6. The molecule has 1 N–H and O–H groups in total. The molecule has 0 fully saturated rings. The van der Waals surface area contributed by atoms with Crippen LogP contribution in [0.1, 0.15) is 20.9 Å². The summed E-state index contributed by atoms with van der Waals surface area (Å²) in [5.41, 5.74) is 0.577. The minimum absolute atomic E-state index is 0.0476. The number of nitro groups is 1. The van der Waals surface area contributed by atoms with Crippen molar-refractivity contribution in [3.8, 4) is 0 Å². The molecule has 8 heteroatoms. The van der Waals surface area contributed by atoms with Crippen LogP contribution in [0.15, 0.2) is 18.2 Å². The Hall–Kier alpha value is -1.99. The van der Waals surface area contributed by atoms with Crippen LogP contribution in [0.25, 0.3) is 0 Å². The first-order valence-electron chi connectivity index (χ1n) is 5.58. The van der Waals surface area contributed by atoms with Gasteiger partial charge in [-0.2, -0.15) is 0 Å². The van der Waals surface area contributed by atoms with E-state index in [4.69, 9.17) is 11.6 Å². The van der Waals surface area contributed by atoms with Crippen LogP contribution in [0, 0.1) is 24.0 Å². The molecule has 0 bridgehead atoms. The Morgan fingerprint density at radius 2 is 2.15 bits per heavy atom. The Kier molecular flexibility index (Phi) is 4.01. The standard InChI is InChI=1S/C12H10ClN3O3S/c1-6-7(2)20-12(14-6)15-11(17)8-4-3-5-9(10(8)13)16(18)19/h3-5H,1-2H3,(H,14,15,17). The van der Waals surface area contributed by atoms with Gasteiger partial charge in [-0.3, -0.25) is 20.2 Å². The van der Waals surface area contributed by atoms with Crippen LogP contribution in [0.5, 0.6) is 0 Å². The van der Waals surface area contributed by atoms with E-state index in [0.717, 1.165) is 10.6 Å². The molecule has 1 heterocycles. The molecule has 0 spiro atoms. The summed E-state index contributed by atoms with van der Waals surface area (Å²) in [5.74, 6) is -0.521. The molecule has 20 heavy (non-hydrogen) atoms. The minimum Gasteiger partial charge on any atom is -0.298 e. The SMILES string of the molecule is Cc1nc(NC(=O)c2cccc([N+](=O)[O-])c2Cl)sc1C. The summed E-state index contributed by atoms with van der Waals surface area (Å²) in [5, 5.41) is 13.6. The summed E-state index contributed by atoms with van der Waals surface area (Å²) in [6.45, 7) is 3.73. The van der Waals surface area contributed by atoms with Crippen molar-refractivity contribution in [3.63, 3.8) is 0 Å². The van der Waals surface area contributed by atoms with Crippen LogP contribution in [-0.2, 0) is 0 Å². The number of aromatic nitrogens is 1. The number of hydrogen-bond acceptors (Lipinski definition) is 5. The van der Waals surface area contributed by atoms with E-state index in [1.807, 2.05) is 13.8 Å². The van der Waals surface area contributed by atoms with E-state index in [9.17, 15) is 14.9 Å². The Labute approximate surface area is 123 Å². The third kappa shape index (κ3) is 2.78. The molecule has 1 aromatic heterocycles. The fraction of sp³-hybridized carbons (Fsp3) is 0.167. The van der Waals surface area contributed by atoms with Crippen molar-refractivity contribution in [3.05, 3.63) is 49.5 Å². The molecule has 2 rings (SSSR count). The van der Waals surface area contributed by atoms with E-state index in [-0.39, 0.29) is 16.3 Å². The molecule has 0 aliphatic carbocycles. The first kappa shape index (κ1) is 14.4. The average Bonchev–Trinajstić information content (AvgIpc) is 2.67. The highest BCUT2D eigenvalue weighted by Gasteiger charge is 2.20. The quantitative estimate of drug-likeness (QED) is 0.693. The van der Waals surface area contributed by atoms with Crippen LogP contribution in [0.4, 0.5) is 10.8 Å². The second kappa shape index (κ2) is 5.56. The molecular formula is C12H10ClN3O3S. The highest BCUT2D eigenvalue weighted by Crippen LogP contribution is 2.29. The largest absolute Gasteiger partial charge is 0.298 e. The molecule has 104 valence electrons. The number of carbonyl (C=O) groups excluding carboxylic acids is 1. The second-order valence-electron chi connectivity index (χ2n) is 4.01. The number of halogens is 1. The normalized spacial score (nSPS) is 10.3. The molecule has 0 unspecified atom stereocenters. The summed E-state index contributed by atoms with van der Waals surface area (Å²) in [4.78, 5) is 27.4. The lowest BCUT2D eigenvalue weighted by molar-refractivity contribution is -0.384. The summed E-state index contributed by atoms with van der Waals surface area (Å²) in [7, 11) is 0. The number of hydrogen-bond donors (Lipinski definition) is 1. The maximum absolute atomic E-state index is 12.1. The summed E-state index contributed by atoms with van der Waals surface area (Å²) in [6, 6.07) is 4.09. The number of anilines is 1. The summed E-state index contributed by atoms with van der Waals surface area (Å²) < 4.78 is 0. The van der Waals surface area contributed by atoms with Gasteiger partial charge in [-0.25, -0.2) is 4.98 Å². The Balaban J connectivity index is 2.30. The van der Waals surface area contributed by atoms with Crippen molar-refractivity contribution in [2.24, 2.45) is 0 Å². The van der Waals surface area contributed by atoms with E-state index >= 15 is 0 Å². The molecule has 0 saturated heterocycles. The molecule has 0 saturated carbocycles. The first-order chi connectivity index (χ1) is 9.40. The van der Waals surface area contributed by atoms with Gasteiger partial charge in [0.05, 0.1) is 16.2 Å². The second-order valence-corrected chi connectivity index (χ2v) is 5.59. The van der Waals surface area contributed by atoms with Crippen LogP contribution < -0.4 is 5.32 Å². The van der Waals surface area contributed by atoms with Gasteiger partial charge in [-0.15, -0.1) is 11.3 Å². The van der Waals surface area contributed by atoms with Gasteiger partial charge in [0.2, 0.25) is 0 Å². The van der Waals surface area contributed by atoms with Crippen molar-refractivity contribution in [2.75, 3.05) is 5.32 Å². The van der Waals surface area contributed by atoms with Gasteiger partial charge in [0.1, 0.15) is 5.02 Å². The Morgan fingerprint density at radius 1 is 1.45 bits per heavy atom. The van der Waals surface area contributed by atoms with E-state index in [0.29, 0.717) is 5.13 Å². The molecule has 1 aromatic carbocycles. The monoisotopic (exact) mass is 311 g/mol. The Morgan fingerprint density at radius 3 is 2.70 bits per heavy atom. The number of nitrogens with zero attached hydrogens (tertiary/aromatic N) is 2. The fourth-order valence-corrected chi connectivity index (χ4v) is 2.62. The van der Waals surface area contributed by atoms with E-state index < -0.39 is 10.8 Å². The van der Waals surface area contributed by atoms with Gasteiger partial charge >= 0.3 is 0 Å². The lowest BCUT2D eigenvalue weighted by atomic mass is 10.2. The number of amides is 1. The minimum atomic E-state index is -0.628. The summed E-state index contributed by atoms with van der Waals surface area (Å²) in [6.07, 6.45) is 0. The number of thiazole rings is 1. The van der Waals surface area contributed by atoms with E-state index in [2.05, 4.69) is 10.3 Å². The van der Waals surface area contributed by atoms with Crippen LogP contribution in [-0.4, -0.2) is 15.8 Å². The number of nitro benzene ring substituents is 1. The summed E-state index contributed by atoms with van der Waals surface area (Å²) >= 11 is 7.22. The molecule has 6 nitrogen and oxygen atoms in total. The van der Waals surface area contributed by atoms with Gasteiger partial charge in [-0.05, 0) is 19.9 Å². The predicted molar refractivity (Wildman–Crippen MR) is 77.6 cm³/mol. The molecule has 2 aromatic rings. The average molecular weight is 312 g/mol. The van der Waals surface area contributed by atoms with Crippen molar-refractivity contribution >= 4 is 39.7 Å². The van der Waals surface area contributed by atoms with Crippen LogP contribution >= 0.6 is 22.9 Å². The van der Waals surface area contributed by atoms with Crippen molar-refractivity contribution in [1.82, 2.24) is 4.98 Å². The zero-order valence-corrected chi connectivity index (χ0v) is 12.2. The maximum atomic E-state index is 12.1. The number of benzene rings is 1. The first-order valence-corrected chi connectivity index (χ1v) is 6.78.